The molecule has 0 spiro atoms. The second-order valence-corrected chi connectivity index (χ2v) is 7.03. The maximum Gasteiger partial charge on any atom is 0.321 e. The Hall–Kier alpha value is -2.93. The minimum atomic E-state index is -0.188. The summed E-state index contributed by atoms with van der Waals surface area (Å²) in [5.74, 6) is 0.999. The maximum atomic E-state index is 12.6. The number of ether oxygens (including phenoxy) is 2. The van der Waals surface area contributed by atoms with Gasteiger partial charge in [-0.15, -0.1) is 0 Å². The van der Waals surface area contributed by atoms with Crippen LogP contribution in [0.4, 0.5) is 10.5 Å². The lowest BCUT2D eigenvalue weighted by atomic mass is 10.3. The largest absolute Gasteiger partial charge is 0.493 e. The monoisotopic (exact) mass is 417 g/mol. The fourth-order valence-corrected chi connectivity index (χ4v) is 3.20. The van der Waals surface area contributed by atoms with Gasteiger partial charge in [-0.3, -0.25) is 4.79 Å². The summed E-state index contributed by atoms with van der Waals surface area (Å²) in [6, 6.07) is 14.0. The minimum Gasteiger partial charge on any atom is -0.493 e. The Bertz CT molecular complexity index is 844. The smallest absolute Gasteiger partial charge is 0.321 e. The van der Waals surface area contributed by atoms with Gasteiger partial charge < -0.3 is 24.6 Å². The van der Waals surface area contributed by atoms with Crippen molar-refractivity contribution >= 4 is 29.2 Å². The lowest BCUT2D eigenvalue weighted by Gasteiger charge is -2.22. The summed E-state index contributed by atoms with van der Waals surface area (Å²) in [6.07, 6.45) is 0.703. The second-order valence-electron chi connectivity index (χ2n) is 6.60. The number of halogens is 1. The van der Waals surface area contributed by atoms with Crippen LogP contribution in [0.5, 0.6) is 11.5 Å². The molecule has 2 aromatic rings. The molecule has 2 aromatic carbocycles. The zero-order valence-corrected chi connectivity index (χ0v) is 17.0. The van der Waals surface area contributed by atoms with Crippen LogP contribution >= 0.6 is 11.6 Å². The predicted molar refractivity (Wildman–Crippen MR) is 112 cm³/mol. The van der Waals surface area contributed by atoms with E-state index in [0.717, 1.165) is 0 Å². The van der Waals surface area contributed by atoms with Gasteiger partial charge in [-0.2, -0.15) is 0 Å². The Labute approximate surface area is 175 Å². The summed E-state index contributed by atoms with van der Waals surface area (Å²) in [5.41, 5.74) is 0.682. The van der Waals surface area contributed by atoms with Crippen LogP contribution in [0, 0.1) is 0 Å². The van der Waals surface area contributed by atoms with Crippen LogP contribution in [-0.2, 0) is 4.79 Å². The van der Waals surface area contributed by atoms with E-state index in [1.807, 2.05) is 12.1 Å². The van der Waals surface area contributed by atoms with Crippen molar-refractivity contribution < 1.29 is 19.1 Å². The van der Waals surface area contributed by atoms with Crippen LogP contribution in [0.3, 0.4) is 0 Å². The molecule has 154 valence electrons. The fourth-order valence-electron chi connectivity index (χ4n) is 3.07. The summed E-state index contributed by atoms with van der Waals surface area (Å²) in [5, 5.41) is 3.47. The number of nitrogens with zero attached hydrogens (tertiary/aromatic N) is 2. The Balaban J connectivity index is 1.50. The fraction of sp³-hybridized carbons (Fsp3) is 0.333. The molecule has 3 amide bonds. The number of hydrogen-bond acceptors (Lipinski definition) is 4. The first kappa shape index (κ1) is 20.8. The summed E-state index contributed by atoms with van der Waals surface area (Å²) in [4.78, 5) is 28.5. The number of amides is 3. The number of urea groups is 1. The van der Waals surface area contributed by atoms with E-state index in [9.17, 15) is 9.59 Å². The second kappa shape index (κ2) is 10.0. The lowest BCUT2D eigenvalue weighted by molar-refractivity contribution is -0.133. The molecule has 1 aliphatic rings. The van der Waals surface area contributed by atoms with Gasteiger partial charge in [0.25, 0.3) is 5.91 Å². The highest BCUT2D eigenvalue weighted by Gasteiger charge is 2.22. The number of nitrogens with one attached hydrogen (secondary N) is 1. The van der Waals surface area contributed by atoms with Gasteiger partial charge in [-0.1, -0.05) is 23.7 Å². The van der Waals surface area contributed by atoms with Gasteiger partial charge in [0.1, 0.15) is 0 Å². The normalized spacial score (nSPS) is 14.1. The number of anilines is 1. The number of benzene rings is 2. The van der Waals surface area contributed by atoms with Gasteiger partial charge in [-0.05, 0) is 42.8 Å². The van der Waals surface area contributed by atoms with E-state index in [1.54, 1.807) is 53.3 Å². The molecule has 0 aromatic heterocycles. The van der Waals surface area contributed by atoms with E-state index in [-0.39, 0.29) is 18.5 Å². The van der Waals surface area contributed by atoms with E-state index in [2.05, 4.69) is 5.32 Å². The van der Waals surface area contributed by atoms with Gasteiger partial charge in [0, 0.05) is 36.9 Å². The summed E-state index contributed by atoms with van der Waals surface area (Å²) >= 11 is 5.87. The molecule has 3 rings (SSSR count). The van der Waals surface area contributed by atoms with Gasteiger partial charge in [0.15, 0.2) is 18.1 Å². The SMILES string of the molecule is COc1ccccc1OCC(=O)N1CCCN(C(=O)Nc2ccc(Cl)cc2)CC1. The van der Waals surface area contributed by atoms with Crippen LogP contribution < -0.4 is 14.8 Å². The summed E-state index contributed by atoms with van der Waals surface area (Å²) in [7, 11) is 1.56. The zero-order valence-electron chi connectivity index (χ0n) is 16.3. The third-order valence-corrected chi connectivity index (χ3v) is 4.90. The molecule has 0 unspecified atom stereocenters. The first-order valence-corrected chi connectivity index (χ1v) is 9.79. The molecule has 1 saturated heterocycles. The van der Waals surface area contributed by atoms with Crippen LogP contribution in [0.2, 0.25) is 5.02 Å². The van der Waals surface area contributed by atoms with Crippen molar-refractivity contribution in [2.45, 2.75) is 6.42 Å². The standard InChI is InChI=1S/C21H24ClN3O4/c1-28-18-5-2-3-6-19(18)29-15-20(26)24-11-4-12-25(14-13-24)21(27)23-17-9-7-16(22)8-10-17/h2-3,5-10H,4,11-15H2,1H3,(H,23,27). The van der Waals surface area contributed by atoms with Crippen LogP contribution in [-0.4, -0.2) is 61.6 Å². The van der Waals surface area contributed by atoms with Crippen molar-refractivity contribution in [2.75, 3.05) is 45.2 Å². The van der Waals surface area contributed by atoms with Crippen molar-refractivity contribution in [3.63, 3.8) is 0 Å². The van der Waals surface area contributed by atoms with Crippen molar-refractivity contribution in [1.82, 2.24) is 9.80 Å². The topological polar surface area (TPSA) is 71.1 Å². The van der Waals surface area contributed by atoms with E-state index in [4.69, 9.17) is 21.1 Å². The number of para-hydroxylation sites is 2. The first-order chi connectivity index (χ1) is 14.1. The molecule has 7 nitrogen and oxygen atoms in total. The Kier molecular flexibility index (Phi) is 7.19. The number of hydrogen-bond donors (Lipinski definition) is 1. The van der Waals surface area contributed by atoms with Crippen LogP contribution in [0.1, 0.15) is 6.42 Å². The predicted octanol–water partition coefficient (Wildman–Crippen LogP) is 3.49. The minimum absolute atomic E-state index is 0.0721. The molecule has 1 heterocycles. The molecule has 29 heavy (non-hydrogen) atoms. The van der Waals surface area contributed by atoms with E-state index >= 15 is 0 Å². The summed E-state index contributed by atoms with van der Waals surface area (Å²) < 4.78 is 10.9. The van der Waals surface area contributed by atoms with E-state index in [1.165, 1.54) is 0 Å². The molecule has 1 N–H and O–H groups in total. The Morgan fingerprint density at radius 2 is 1.62 bits per heavy atom. The van der Waals surface area contributed by atoms with Crippen molar-refractivity contribution in [3.8, 4) is 11.5 Å². The zero-order chi connectivity index (χ0) is 20.6. The van der Waals surface area contributed by atoms with E-state index in [0.29, 0.717) is 54.8 Å². The van der Waals surface area contributed by atoms with Gasteiger partial charge in [-0.25, -0.2) is 4.79 Å². The van der Waals surface area contributed by atoms with Gasteiger partial charge in [0.05, 0.1) is 7.11 Å². The average Bonchev–Trinajstić information content (AvgIpc) is 3.00. The highest BCUT2D eigenvalue weighted by atomic mass is 35.5. The summed E-state index contributed by atoms with van der Waals surface area (Å²) in [6.45, 7) is 2.01. The Morgan fingerprint density at radius 1 is 0.966 bits per heavy atom. The van der Waals surface area contributed by atoms with Crippen molar-refractivity contribution in [2.24, 2.45) is 0 Å². The Morgan fingerprint density at radius 3 is 2.34 bits per heavy atom. The number of methoxy groups -OCH3 is 1. The van der Waals surface area contributed by atoms with Crippen LogP contribution in [0.25, 0.3) is 0 Å². The molecule has 0 bridgehead atoms. The molecule has 0 saturated carbocycles. The first-order valence-electron chi connectivity index (χ1n) is 9.42. The van der Waals surface area contributed by atoms with Crippen molar-refractivity contribution in [3.05, 3.63) is 53.6 Å². The molecular formula is C21H24ClN3O4. The highest BCUT2D eigenvalue weighted by molar-refractivity contribution is 6.30. The molecule has 0 radical (unpaired) electrons. The molecule has 8 heteroatoms. The molecule has 1 fully saturated rings. The van der Waals surface area contributed by atoms with Crippen LogP contribution in [0.15, 0.2) is 48.5 Å². The molecule has 1 aliphatic heterocycles. The number of carbonyl (C=O) groups is 2. The average molecular weight is 418 g/mol. The highest BCUT2D eigenvalue weighted by Crippen LogP contribution is 2.25. The molecule has 0 atom stereocenters. The van der Waals surface area contributed by atoms with Gasteiger partial charge in [0.2, 0.25) is 0 Å². The maximum absolute atomic E-state index is 12.6. The molecule has 0 aliphatic carbocycles. The third kappa shape index (κ3) is 5.77. The lowest BCUT2D eigenvalue weighted by Crippen LogP contribution is -2.40. The molecular weight excluding hydrogens is 394 g/mol. The van der Waals surface area contributed by atoms with Crippen molar-refractivity contribution in [1.29, 1.82) is 0 Å². The van der Waals surface area contributed by atoms with E-state index < -0.39 is 0 Å². The number of rotatable bonds is 5. The van der Waals surface area contributed by atoms with Gasteiger partial charge >= 0.3 is 6.03 Å². The quantitative estimate of drug-likeness (QED) is 0.808. The number of carbonyl (C=O) groups excluding carboxylic acids is 2. The third-order valence-electron chi connectivity index (χ3n) is 4.65.